The lowest BCUT2D eigenvalue weighted by Gasteiger charge is -2.31. The second-order valence-corrected chi connectivity index (χ2v) is 11.4. The number of carbonyl (C=O) groups is 1. The van der Waals surface area contributed by atoms with E-state index in [-0.39, 0.29) is 17.7 Å². The van der Waals surface area contributed by atoms with E-state index in [0.717, 1.165) is 35.5 Å². The first-order chi connectivity index (χ1) is 16.0. The van der Waals surface area contributed by atoms with Crippen molar-refractivity contribution < 1.29 is 17.9 Å². The lowest BCUT2D eigenvalue weighted by Crippen LogP contribution is -2.47. The number of ether oxygens (including phenoxy) is 1. The molecular weight excluding hydrogens is 450 g/mol. The van der Waals surface area contributed by atoms with Crippen LogP contribution in [0.5, 0.6) is 5.75 Å². The van der Waals surface area contributed by atoms with Gasteiger partial charge >= 0.3 is 0 Å². The van der Waals surface area contributed by atoms with Crippen LogP contribution in [0, 0.1) is 6.92 Å². The van der Waals surface area contributed by atoms with Gasteiger partial charge in [-0.15, -0.1) is 0 Å². The monoisotopic (exact) mass is 487 g/mol. The normalized spacial score (nSPS) is 16.4. The fourth-order valence-corrected chi connectivity index (χ4v) is 5.80. The van der Waals surface area contributed by atoms with Crippen LogP contribution in [0.15, 0.2) is 36.4 Å². The number of benzene rings is 2. The molecule has 8 heteroatoms. The quantitative estimate of drug-likeness (QED) is 0.614. The van der Waals surface area contributed by atoms with Gasteiger partial charge in [0.2, 0.25) is 10.0 Å². The van der Waals surface area contributed by atoms with Crippen molar-refractivity contribution in [3.63, 3.8) is 0 Å². The molecular formula is C26H37N3O4S. The van der Waals surface area contributed by atoms with E-state index in [1.165, 1.54) is 0 Å². The summed E-state index contributed by atoms with van der Waals surface area (Å²) in [6.45, 7) is 10.7. The second kappa shape index (κ2) is 10.9. The van der Waals surface area contributed by atoms with Gasteiger partial charge in [0.15, 0.2) is 0 Å². The van der Waals surface area contributed by atoms with Crippen molar-refractivity contribution in [3.8, 4) is 5.75 Å². The van der Waals surface area contributed by atoms with Crippen LogP contribution in [0.2, 0.25) is 0 Å². The number of piperazine rings is 1. The third-order valence-corrected chi connectivity index (χ3v) is 8.33. The molecule has 2 aromatic carbocycles. The van der Waals surface area contributed by atoms with Crippen LogP contribution in [0.3, 0.4) is 0 Å². The zero-order valence-electron chi connectivity index (χ0n) is 21.1. The molecule has 34 heavy (non-hydrogen) atoms. The molecule has 1 N–H and O–H groups in total. The number of likely N-dealkylation sites (N-methyl/N-ethyl adjacent to an activating group) is 1. The van der Waals surface area contributed by atoms with Gasteiger partial charge < -0.3 is 15.0 Å². The molecule has 0 radical (unpaired) electrons. The summed E-state index contributed by atoms with van der Waals surface area (Å²) in [5.74, 6) is 0.906. The van der Waals surface area contributed by atoms with Gasteiger partial charge in [0.25, 0.3) is 5.91 Å². The van der Waals surface area contributed by atoms with E-state index < -0.39 is 10.0 Å². The Kier molecular flexibility index (Phi) is 8.38. The molecule has 0 saturated carbocycles. The lowest BCUT2D eigenvalue weighted by atomic mass is 9.93. The van der Waals surface area contributed by atoms with Crippen LogP contribution in [0.25, 0.3) is 0 Å². The Morgan fingerprint density at radius 2 is 1.65 bits per heavy atom. The summed E-state index contributed by atoms with van der Waals surface area (Å²) in [6.07, 6.45) is 0. The SMILES string of the molecule is COc1cc(C)c(C(C)NC(=O)c2ccc(CS(=O)(=O)N3CCN(C)CC3)cc2)cc1C(C)C. The summed E-state index contributed by atoms with van der Waals surface area (Å²) in [7, 11) is 0.292. The molecule has 1 atom stereocenters. The number of hydrogen-bond donors (Lipinski definition) is 1. The van der Waals surface area contributed by atoms with Gasteiger partial charge in [-0.25, -0.2) is 8.42 Å². The van der Waals surface area contributed by atoms with E-state index >= 15 is 0 Å². The standard InChI is InChI=1S/C26H37N3O4S/c1-18(2)23-16-24(19(3)15-25(23)33-6)20(4)27-26(30)22-9-7-21(8-10-22)17-34(31,32)29-13-11-28(5)12-14-29/h7-10,15-16,18,20H,11-14,17H2,1-6H3,(H,27,30). The summed E-state index contributed by atoms with van der Waals surface area (Å²) in [5.41, 5.74) is 4.39. The van der Waals surface area contributed by atoms with Gasteiger partial charge in [0.05, 0.1) is 18.9 Å². The predicted molar refractivity (Wildman–Crippen MR) is 136 cm³/mol. The fraction of sp³-hybridized carbons (Fsp3) is 0.500. The van der Waals surface area contributed by atoms with Crippen LogP contribution >= 0.6 is 0 Å². The smallest absolute Gasteiger partial charge is 0.251 e. The first kappa shape index (κ1) is 26.2. The Morgan fingerprint density at radius 3 is 2.21 bits per heavy atom. The Labute approximate surface area is 204 Å². The van der Waals surface area contributed by atoms with Crippen LogP contribution < -0.4 is 10.1 Å². The number of sulfonamides is 1. The Morgan fingerprint density at radius 1 is 1.03 bits per heavy atom. The molecule has 1 aliphatic heterocycles. The van der Waals surface area contributed by atoms with E-state index in [1.54, 1.807) is 35.7 Å². The van der Waals surface area contributed by atoms with E-state index in [9.17, 15) is 13.2 Å². The molecule has 1 heterocycles. The number of carbonyl (C=O) groups excluding carboxylic acids is 1. The zero-order valence-corrected chi connectivity index (χ0v) is 21.9. The average Bonchev–Trinajstić information content (AvgIpc) is 2.78. The Bertz CT molecular complexity index is 1110. The summed E-state index contributed by atoms with van der Waals surface area (Å²) >= 11 is 0. The number of aryl methyl sites for hydroxylation is 1. The van der Waals surface area contributed by atoms with Crippen molar-refractivity contribution in [2.75, 3.05) is 40.3 Å². The first-order valence-electron chi connectivity index (χ1n) is 11.8. The lowest BCUT2D eigenvalue weighted by molar-refractivity contribution is 0.0940. The van der Waals surface area contributed by atoms with Gasteiger partial charge in [0, 0.05) is 31.7 Å². The molecule has 1 unspecified atom stereocenters. The topological polar surface area (TPSA) is 78.9 Å². The minimum Gasteiger partial charge on any atom is -0.496 e. The third-order valence-electron chi connectivity index (χ3n) is 6.48. The van der Waals surface area contributed by atoms with Gasteiger partial charge in [-0.2, -0.15) is 4.31 Å². The molecule has 1 fully saturated rings. The molecule has 3 rings (SSSR count). The molecule has 1 aliphatic rings. The molecule has 1 amide bonds. The van der Waals surface area contributed by atoms with Gasteiger partial charge in [0.1, 0.15) is 5.75 Å². The number of amides is 1. The molecule has 0 spiro atoms. The summed E-state index contributed by atoms with van der Waals surface area (Å²) in [5, 5.41) is 3.07. The number of methoxy groups -OCH3 is 1. The first-order valence-corrected chi connectivity index (χ1v) is 13.4. The molecule has 2 aromatic rings. The van der Waals surface area contributed by atoms with Crippen LogP contribution in [-0.4, -0.2) is 63.9 Å². The second-order valence-electron chi connectivity index (χ2n) is 9.46. The van der Waals surface area contributed by atoms with Crippen LogP contribution in [-0.2, 0) is 15.8 Å². The molecule has 0 aromatic heterocycles. The number of nitrogens with zero attached hydrogens (tertiary/aromatic N) is 2. The average molecular weight is 488 g/mol. The highest BCUT2D eigenvalue weighted by Crippen LogP contribution is 2.32. The van der Waals surface area contributed by atoms with Gasteiger partial charge in [-0.3, -0.25) is 4.79 Å². The molecule has 186 valence electrons. The van der Waals surface area contributed by atoms with E-state index in [2.05, 4.69) is 30.1 Å². The minimum atomic E-state index is -3.37. The maximum atomic E-state index is 12.9. The largest absolute Gasteiger partial charge is 0.496 e. The van der Waals surface area contributed by atoms with E-state index in [1.807, 2.05) is 27.0 Å². The zero-order chi connectivity index (χ0) is 25.0. The fourth-order valence-electron chi connectivity index (χ4n) is 4.29. The van der Waals surface area contributed by atoms with Gasteiger partial charge in [-0.1, -0.05) is 26.0 Å². The molecule has 0 aliphatic carbocycles. The van der Waals surface area contributed by atoms with Gasteiger partial charge in [-0.05, 0) is 73.3 Å². The maximum Gasteiger partial charge on any atom is 0.251 e. The number of hydrogen-bond acceptors (Lipinski definition) is 5. The Balaban J connectivity index is 1.67. The minimum absolute atomic E-state index is 0.0575. The highest BCUT2D eigenvalue weighted by Gasteiger charge is 2.26. The van der Waals surface area contributed by atoms with Crippen LogP contribution in [0.4, 0.5) is 0 Å². The predicted octanol–water partition coefficient (Wildman–Crippen LogP) is 3.70. The number of nitrogens with one attached hydrogen (secondary N) is 1. The Hall–Kier alpha value is -2.42. The van der Waals surface area contributed by atoms with Crippen molar-refractivity contribution >= 4 is 15.9 Å². The van der Waals surface area contributed by atoms with Crippen molar-refractivity contribution in [3.05, 3.63) is 64.2 Å². The van der Waals surface area contributed by atoms with E-state index in [4.69, 9.17) is 4.74 Å². The van der Waals surface area contributed by atoms with Crippen molar-refractivity contribution in [2.45, 2.75) is 45.4 Å². The van der Waals surface area contributed by atoms with Crippen molar-refractivity contribution in [1.29, 1.82) is 0 Å². The maximum absolute atomic E-state index is 12.9. The van der Waals surface area contributed by atoms with Crippen LogP contribution in [0.1, 0.15) is 65.3 Å². The molecule has 7 nitrogen and oxygen atoms in total. The van der Waals surface area contributed by atoms with Crippen molar-refractivity contribution in [2.24, 2.45) is 0 Å². The molecule has 1 saturated heterocycles. The summed E-state index contributed by atoms with van der Waals surface area (Å²) in [6, 6.07) is 10.8. The highest BCUT2D eigenvalue weighted by molar-refractivity contribution is 7.88. The number of rotatable bonds is 8. The summed E-state index contributed by atoms with van der Waals surface area (Å²) < 4.78 is 32.6. The third kappa shape index (κ3) is 6.17. The summed E-state index contributed by atoms with van der Waals surface area (Å²) in [4.78, 5) is 15.0. The van der Waals surface area contributed by atoms with Crippen molar-refractivity contribution in [1.82, 2.24) is 14.5 Å². The molecule has 0 bridgehead atoms. The highest BCUT2D eigenvalue weighted by atomic mass is 32.2. The van der Waals surface area contributed by atoms with E-state index in [0.29, 0.717) is 30.1 Å².